The van der Waals surface area contributed by atoms with Gasteiger partial charge in [-0.2, -0.15) is 0 Å². The summed E-state index contributed by atoms with van der Waals surface area (Å²) in [6, 6.07) is -0.120. The van der Waals surface area contributed by atoms with Crippen LogP contribution < -0.4 is 5.32 Å². The molecule has 138 valence electrons. The van der Waals surface area contributed by atoms with Crippen molar-refractivity contribution in [1.29, 1.82) is 0 Å². The molecule has 0 bridgehead atoms. The fraction of sp³-hybridized carbons (Fsp3) is 0.875. The summed E-state index contributed by atoms with van der Waals surface area (Å²) in [5.41, 5.74) is 0. The first kappa shape index (κ1) is 18.9. The molecule has 2 heterocycles. The fourth-order valence-corrected chi connectivity index (χ4v) is 3.26. The SMILES string of the molecule is CCNC(=NCC(F)F)N1CCN(C(C)C(=O)N2CCCC2)CC1. The number of amides is 1. The topological polar surface area (TPSA) is 51.2 Å². The van der Waals surface area contributed by atoms with Crippen molar-refractivity contribution in [2.45, 2.75) is 39.2 Å². The zero-order valence-electron chi connectivity index (χ0n) is 14.7. The lowest BCUT2D eigenvalue weighted by molar-refractivity contribution is -0.135. The molecule has 2 fully saturated rings. The molecule has 0 spiro atoms. The van der Waals surface area contributed by atoms with Gasteiger partial charge < -0.3 is 15.1 Å². The summed E-state index contributed by atoms with van der Waals surface area (Å²) in [6.45, 7) is 8.64. The van der Waals surface area contributed by atoms with Crippen molar-refractivity contribution < 1.29 is 13.6 Å². The van der Waals surface area contributed by atoms with E-state index in [1.807, 2.05) is 23.6 Å². The number of alkyl halides is 2. The molecule has 0 aromatic heterocycles. The van der Waals surface area contributed by atoms with Gasteiger partial charge in [0.2, 0.25) is 5.91 Å². The lowest BCUT2D eigenvalue weighted by atomic mass is 10.2. The molecular weight excluding hydrogens is 316 g/mol. The molecule has 1 unspecified atom stereocenters. The normalized spacial score (nSPS) is 21.5. The predicted octanol–water partition coefficient (Wildman–Crippen LogP) is 0.846. The number of hydrogen-bond donors (Lipinski definition) is 1. The summed E-state index contributed by atoms with van der Waals surface area (Å²) < 4.78 is 24.8. The Labute approximate surface area is 142 Å². The number of hydrogen-bond acceptors (Lipinski definition) is 3. The average Bonchev–Trinajstić information content (AvgIpc) is 3.12. The minimum atomic E-state index is -2.43. The standard InChI is InChI=1S/C16H29F2N5O/c1-3-19-16(20-12-14(17)18)23-10-8-21(9-11-23)13(2)15(24)22-6-4-5-7-22/h13-14H,3-12H2,1-2H3,(H,19,20). The maximum Gasteiger partial charge on any atom is 0.257 e. The molecule has 0 saturated carbocycles. The van der Waals surface area contributed by atoms with E-state index >= 15 is 0 Å². The van der Waals surface area contributed by atoms with Gasteiger partial charge in [-0.15, -0.1) is 0 Å². The molecule has 2 aliphatic heterocycles. The van der Waals surface area contributed by atoms with Gasteiger partial charge in [-0.05, 0) is 26.7 Å². The molecule has 0 aromatic carbocycles. The molecule has 1 N–H and O–H groups in total. The van der Waals surface area contributed by atoms with E-state index in [2.05, 4.69) is 15.2 Å². The maximum absolute atomic E-state index is 12.5. The average molecular weight is 345 g/mol. The van der Waals surface area contributed by atoms with Crippen LogP contribution in [0.25, 0.3) is 0 Å². The molecular formula is C16H29F2N5O. The van der Waals surface area contributed by atoms with Crippen molar-refractivity contribution >= 4 is 11.9 Å². The largest absolute Gasteiger partial charge is 0.357 e. The van der Waals surface area contributed by atoms with Crippen LogP contribution in [-0.4, -0.2) is 91.4 Å². The zero-order valence-corrected chi connectivity index (χ0v) is 14.7. The van der Waals surface area contributed by atoms with Crippen LogP contribution in [0.1, 0.15) is 26.7 Å². The number of aliphatic imine (C=N–C) groups is 1. The summed E-state index contributed by atoms with van der Waals surface area (Å²) in [5, 5.41) is 3.07. The van der Waals surface area contributed by atoms with Crippen LogP contribution in [-0.2, 0) is 4.79 Å². The van der Waals surface area contributed by atoms with Gasteiger partial charge in [0.15, 0.2) is 5.96 Å². The van der Waals surface area contributed by atoms with Crippen LogP contribution >= 0.6 is 0 Å². The summed E-state index contributed by atoms with van der Waals surface area (Å²) in [4.78, 5) is 22.6. The Morgan fingerprint density at radius 2 is 1.71 bits per heavy atom. The Morgan fingerprint density at radius 3 is 2.25 bits per heavy atom. The molecule has 0 aliphatic carbocycles. The van der Waals surface area contributed by atoms with Gasteiger partial charge in [-0.1, -0.05) is 0 Å². The Bertz CT molecular complexity index is 432. The fourth-order valence-electron chi connectivity index (χ4n) is 3.26. The molecule has 2 aliphatic rings. The van der Waals surface area contributed by atoms with E-state index in [4.69, 9.17) is 0 Å². The highest BCUT2D eigenvalue weighted by atomic mass is 19.3. The van der Waals surface area contributed by atoms with E-state index in [0.29, 0.717) is 25.6 Å². The molecule has 1 atom stereocenters. The number of carbonyl (C=O) groups excluding carboxylic acids is 1. The van der Waals surface area contributed by atoms with Crippen molar-refractivity contribution in [2.24, 2.45) is 4.99 Å². The van der Waals surface area contributed by atoms with Gasteiger partial charge in [0.1, 0.15) is 6.54 Å². The third kappa shape index (κ3) is 5.03. The van der Waals surface area contributed by atoms with Crippen molar-refractivity contribution in [1.82, 2.24) is 20.0 Å². The minimum absolute atomic E-state index is 0.120. The van der Waals surface area contributed by atoms with Crippen molar-refractivity contribution in [3.05, 3.63) is 0 Å². The summed E-state index contributed by atoms with van der Waals surface area (Å²) in [5.74, 6) is 0.746. The van der Waals surface area contributed by atoms with E-state index < -0.39 is 13.0 Å². The van der Waals surface area contributed by atoms with E-state index in [-0.39, 0.29) is 11.9 Å². The molecule has 0 radical (unpaired) electrons. The van der Waals surface area contributed by atoms with Crippen LogP contribution in [0.4, 0.5) is 8.78 Å². The first-order chi connectivity index (χ1) is 11.5. The van der Waals surface area contributed by atoms with E-state index in [1.165, 1.54) is 0 Å². The Balaban J connectivity index is 1.86. The second-order valence-electron chi connectivity index (χ2n) is 6.32. The lowest BCUT2D eigenvalue weighted by Gasteiger charge is -2.39. The van der Waals surface area contributed by atoms with Crippen molar-refractivity contribution in [3.63, 3.8) is 0 Å². The first-order valence-corrected chi connectivity index (χ1v) is 8.87. The summed E-state index contributed by atoms with van der Waals surface area (Å²) >= 11 is 0. The number of guanidine groups is 1. The Kier molecular flexibility index (Phi) is 7.20. The van der Waals surface area contributed by atoms with E-state index in [0.717, 1.165) is 39.0 Å². The van der Waals surface area contributed by atoms with Crippen LogP contribution in [0.15, 0.2) is 4.99 Å². The van der Waals surface area contributed by atoms with Gasteiger partial charge in [0, 0.05) is 45.8 Å². The number of nitrogens with zero attached hydrogens (tertiary/aromatic N) is 4. The minimum Gasteiger partial charge on any atom is -0.357 e. The first-order valence-electron chi connectivity index (χ1n) is 8.87. The molecule has 1 amide bonds. The van der Waals surface area contributed by atoms with Crippen LogP contribution in [0.5, 0.6) is 0 Å². The van der Waals surface area contributed by atoms with Gasteiger partial charge in [-0.3, -0.25) is 9.69 Å². The predicted molar refractivity (Wildman–Crippen MR) is 90.4 cm³/mol. The third-order valence-corrected chi connectivity index (χ3v) is 4.65. The number of likely N-dealkylation sites (tertiary alicyclic amines) is 1. The molecule has 24 heavy (non-hydrogen) atoms. The number of rotatable bonds is 5. The number of piperazine rings is 1. The molecule has 2 saturated heterocycles. The van der Waals surface area contributed by atoms with Crippen LogP contribution in [0, 0.1) is 0 Å². The number of halogens is 2. The molecule has 2 rings (SSSR count). The van der Waals surface area contributed by atoms with E-state index in [1.54, 1.807) is 0 Å². The lowest BCUT2D eigenvalue weighted by Crippen LogP contribution is -2.57. The Morgan fingerprint density at radius 1 is 1.08 bits per heavy atom. The number of carbonyl (C=O) groups is 1. The highest BCUT2D eigenvalue weighted by Gasteiger charge is 2.30. The highest BCUT2D eigenvalue weighted by Crippen LogP contribution is 2.14. The van der Waals surface area contributed by atoms with Gasteiger partial charge in [-0.25, -0.2) is 13.8 Å². The second-order valence-corrected chi connectivity index (χ2v) is 6.32. The van der Waals surface area contributed by atoms with Crippen LogP contribution in [0.3, 0.4) is 0 Å². The van der Waals surface area contributed by atoms with E-state index in [9.17, 15) is 13.6 Å². The summed E-state index contributed by atoms with van der Waals surface area (Å²) in [6.07, 6.45) is -0.240. The zero-order chi connectivity index (χ0) is 17.5. The second kappa shape index (κ2) is 9.15. The van der Waals surface area contributed by atoms with Crippen molar-refractivity contribution in [3.8, 4) is 0 Å². The Hall–Kier alpha value is -1.44. The molecule has 8 heteroatoms. The van der Waals surface area contributed by atoms with Gasteiger partial charge >= 0.3 is 0 Å². The van der Waals surface area contributed by atoms with Gasteiger partial charge in [0.25, 0.3) is 6.43 Å². The quantitative estimate of drug-likeness (QED) is 0.593. The summed E-state index contributed by atoms with van der Waals surface area (Å²) in [7, 11) is 0. The van der Waals surface area contributed by atoms with Gasteiger partial charge in [0.05, 0.1) is 6.04 Å². The highest BCUT2D eigenvalue weighted by molar-refractivity contribution is 5.82. The monoisotopic (exact) mass is 345 g/mol. The van der Waals surface area contributed by atoms with Crippen LogP contribution in [0.2, 0.25) is 0 Å². The third-order valence-electron chi connectivity index (χ3n) is 4.65. The molecule has 0 aromatic rings. The number of nitrogens with one attached hydrogen (secondary N) is 1. The molecule has 6 nitrogen and oxygen atoms in total. The van der Waals surface area contributed by atoms with Crippen molar-refractivity contribution in [2.75, 3.05) is 52.4 Å². The maximum atomic E-state index is 12.5. The smallest absolute Gasteiger partial charge is 0.257 e.